The summed E-state index contributed by atoms with van der Waals surface area (Å²) in [6.45, 7) is 5.39. The Morgan fingerprint density at radius 2 is 2.22 bits per heavy atom. The second-order valence-corrected chi connectivity index (χ2v) is 4.35. The van der Waals surface area contributed by atoms with Crippen LogP contribution in [-0.2, 0) is 0 Å². The molecule has 1 aromatic rings. The lowest BCUT2D eigenvalue weighted by Gasteiger charge is -2.30. The number of hydrogen-bond acceptors (Lipinski definition) is 6. The number of nitrogens with one attached hydrogen (secondary N) is 2. The van der Waals surface area contributed by atoms with Crippen LogP contribution in [0.25, 0.3) is 0 Å². The standard InChI is InChI=1S/C11H20N6O/c1-2-16-7-5-9(6-8-16)18-11-4-3-10(12)17(14-11)15-13/h3-4,9,12,15H,2,5-8,13H2,1H3. The highest BCUT2D eigenvalue weighted by Gasteiger charge is 2.19. The van der Waals surface area contributed by atoms with Crippen LogP contribution >= 0.6 is 0 Å². The lowest BCUT2D eigenvalue weighted by atomic mass is 10.1. The molecule has 7 nitrogen and oxygen atoms in total. The Labute approximate surface area is 106 Å². The highest BCUT2D eigenvalue weighted by atomic mass is 16.5. The van der Waals surface area contributed by atoms with E-state index in [2.05, 4.69) is 22.5 Å². The Bertz CT molecular complexity index is 437. The second-order valence-electron chi connectivity index (χ2n) is 4.35. The van der Waals surface area contributed by atoms with Crippen LogP contribution in [0.1, 0.15) is 19.8 Å². The van der Waals surface area contributed by atoms with Crippen LogP contribution in [0.4, 0.5) is 0 Å². The predicted molar refractivity (Wildman–Crippen MR) is 67.4 cm³/mol. The summed E-state index contributed by atoms with van der Waals surface area (Å²) in [7, 11) is 0. The van der Waals surface area contributed by atoms with Crippen LogP contribution in [0.3, 0.4) is 0 Å². The van der Waals surface area contributed by atoms with E-state index >= 15 is 0 Å². The topological polar surface area (TPSA) is 92.2 Å². The van der Waals surface area contributed by atoms with Crippen LogP contribution in [-0.4, -0.2) is 40.5 Å². The number of piperidine rings is 1. The Morgan fingerprint density at radius 3 is 2.83 bits per heavy atom. The lowest BCUT2D eigenvalue weighted by Crippen LogP contribution is -2.39. The van der Waals surface area contributed by atoms with Gasteiger partial charge in [-0.05, 0) is 25.5 Å². The number of likely N-dealkylation sites (tertiary alicyclic amines) is 1. The first-order chi connectivity index (χ1) is 8.72. The molecule has 18 heavy (non-hydrogen) atoms. The van der Waals surface area contributed by atoms with Gasteiger partial charge in [-0.2, -0.15) is 0 Å². The van der Waals surface area contributed by atoms with E-state index in [4.69, 9.17) is 16.0 Å². The van der Waals surface area contributed by atoms with Crippen molar-refractivity contribution in [2.75, 3.05) is 25.2 Å². The molecule has 2 heterocycles. The molecule has 1 fully saturated rings. The zero-order valence-corrected chi connectivity index (χ0v) is 10.6. The smallest absolute Gasteiger partial charge is 0.233 e. The molecule has 0 atom stereocenters. The van der Waals surface area contributed by atoms with Crippen molar-refractivity contribution in [3.05, 3.63) is 17.6 Å². The minimum atomic E-state index is 0.186. The number of nitrogens with zero attached hydrogens (tertiary/aromatic N) is 3. The Kier molecular flexibility index (Phi) is 4.16. The first kappa shape index (κ1) is 12.8. The fourth-order valence-corrected chi connectivity index (χ4v) is 2.08. The fourth-order valence-electron chi connectivity index (χ4n) is 2.08. The molecule has 0 spiro atoms. The summed E-state index contributed by atoms with van der Waals surface area (Å²) in [5.41, 5.74) is 2.50. The van der Waals surface area contributed by atoms with Crippen LogP contribution in [0.15, 0.2) is 12.1 Å². The molecule has 1 aliphatic rings. The summed E-state index contributed by atoms with van der Waals surface area (Å²) in [5, 5.41) is 11.6. The van der Waals surface area contributed by atoms with Crippen molar-refractivity contribution in [2.24, 2.45) is 5.84 Å². The Balaban J connectivity index is 1.96. The number of rotatable bonds is 4. The molecule has 0 unspecified atom stereocenters. The number of hydrogen-bond donors (Lipinski definition) is 3. The van der Waals surface area contributed by atoms with Crippen molar-refractivity contribution >= 4 is 0 Å². The average molecular weight is 252 g/mol. The van der Waals surface area contributed by atoms with Crippen molar-refractivity contribution in [3.63, 3.8) is 0 Å². The molecular weight excluding hydrogens is 232 g/mol. The first-order valence-electron chi connectivity index (χ1n) is 6.23. The van der Waals surface area contributed by atoms with Crippen molar-refractivity contribution in [2.45, 2.75) is 25.9 Å². The van der Waals surface area contributed by atoms with E-state index < -0.39 is 0 Å². The maximum Gasteiger partial charge on any atom is 0.233 e. The van der Waals surface area contributed by atoms with Gasteiger partial charge in [-0.15, -0.1) is 9.89 Å². The van der Waals surface area contributed by atoms with Gasteiger partial charge in [0.15, 0.2) is 5.49 Å². The molecular formula is C11H20N6O. The largest absolute Gasteiger partial charge is 0.473 e. The third-order valence-electron chi connectivity index (χ3n) is 3.20. The Hall–Kier alpha value is -1.60. The zero-order valence-electron chi connectivity index (χ0n) is 10.6. The minimum absolute atomic E-state index is 0.186. The maximum absolute atomic E-state index is 7.53. The quantitative estimate of drug-likeness (QED) is 0.503. The van der Waals surface area contributed by atoms with E-state index in [9.17, 15) is 0 Å². The summed E-state index contributed by atoms with van der Waals surface area (Å²) >= 11 is 0. The number of nitrogens with two attached hydrogens (primary N) is 1. The number of hydrazine groups is 1. The van der Waals surface area contributed by atoms with E-state index in [1.165, 1.54) is 4.79 Å². The summed E-state index contributed by atoms with van der Waals surface area (Å²) in [4.78, 5) is 3.58. The van der Waals surface area contributed by atoms with Gasteiger partial charge < -0.3 is 9.64 Å². The molecule has 0 aromatic carbocycles. The summed E-state index contributed by atoms with van der Waals surface area (Å²) in [5.74, 6) is 5.76. The van der Waals surface area contributed by atoms with Gasteiger partial charge in [0, 0.05) is 19.2 Å². The van der Waals surface area contributed by atoms with Gasteiger partial charge in [-0.3, -0.25) is 5.41 Å². The van der Waals surface area contributed by atoms with Crippen LogP contribution in [0.5, 0.6) is 5.88 Å². The normalized spacial score (nSPS) is 17.7. The van der Waals surface area contributed by atoms with E-state index in [0.29, 0.717) is 5.88 Å². The average Bonchev–Trinajstić information content (AvgIpc) is 2.42. The molecule has 4 N–H and O–H groups in total. The van der Waals surface area contributed by atoms with Gasteiger partial charge in [0.2, 0.25) is 5.88 Å². The van der Waals surface area contributed by atoms with E-state index in [-0.39, 0.29) is 11.6 Å². The lowest BCUT2D eigenvalue weighted by molar-refractivity contribution is 0.0979. The van der Waals surface area contributed by atoms with Crippen LogP contribution in [0, 0.1) is 5.41 Å². The minimum Gasteiger partial charge on any atom is -0.473 e. The molecule has 0 radical (unpaired) electrons. The number of aromatic nitrogens is 2. The maximum atomic E-state index is 7.53. The number of nitrogen functional groups attached to an aromatic ring is 1. The van der Waals surface area contributed by atoms with Gasteiger partial charge in [0.25, 0.3) is 0 Å². The zero-order chi connectivity index (χ0) is 13.0. The van der Waals surface area contributed by atoms with Crippen molar-refractivity contribution in [3.8, 4) is 5.88 Å². The second kappa shape index (κ2) is 5.83. The molecule has 0 bridgehead atoms. The molecule has 1 saturated heterocycles. The first-order valence-corrected chi connectivity index (χ1v) is 6.23. The molecule has 2 rings (SSSR count). The van der Waals surface area contributed by atoms with Gasteiger partial charge in [0.1, 0.15) is 6.10 Å². The molecule has 1 aromatic heterocycles. The number of ether oxygens (including phenoxy) is 1. The highest BCUT2D eigenvalue weighted by Crippen LogP contribution is 2.15. The predicted octanol–water partition coefficient (Wildman–Crippen LogP) is -0.357. The molecule has 100 valence electrons. The monoisotopic (exact) mass is 252 g/mol. The Morgan fingerprint density at radius 1 is 1.50 bits per heavy atom. The third kappa shape index (κ3) is 2.99. The summed E-state index contributed by atoms with van der Waals surface area (Å²) < 4.78 is 5.81. The van der Waals surface area contributed by atoms with Gasteiger partial charge in [-0.25, -0.2) is 11.4 Å². The molecule has 0 aliphatic carbocycles. The van der Waals surface area contributed by atoms with Gasteiger partial charge in [-0.1, -0.05) is 6.92 Å². The summed E-state index contributed by atoms with van der Waals surface area (Å²) in [6, 6.07) is 3.30. The SMILES string of the molecule is CCN1CCC(Oc2ccc(=N)n(NN)n2)CC1. The molecule has 7 heteroatoms. The van der Waals surface area contributed by atoms with E-state index in [1.54, 1.807) is 12.1 Å². The van der Waals surface area contributed by atoms with Crippen LogP contribution < -0.4 is 21.6 Å². The third-order valence-corrected chi connectivity index (χ3v) is 3.20. The van der Waals surface area contributed by atoms with Crippen molar-refractivity contribution < 1.29 is 4.74 Å². The van der Waals surface area contributed by atoms with Gasteiger partial charge in [0.05, 0.1) is 0 Å². The molecule has 1 aliphatic heterocycles. The van der Waals surface area contributed by atoms with E-state index in [0.717, 1.165) is 32.5 Å². The fraction of sp³-hybridized carbons (Fsp3) is 0.636. The van der Waals surface area contributed by atoms with Gasteiger partial charge >= 0.3 is 0 Å². The highest BCUT2D eigenvalue weighted by molar-refractivity contribution is 5.07. The molecule has 0 saturated carbocycles. The van der Waals surface area contributed by atoms with Crippen LogP contribution in [0.2, 0.25) is 0 Å². The molecule has 0 amide bonds. The van der Waals surface area contributed by atoms with E-state index in [1.807, 2.05) is 0 Å². The summed E-state index contributed by atoms with van der Waals surface area (Å²) in [6.07, 6.45) is 2.21. The van der Waals surface area contributed by atoms with Crippen molar-refractivity contribution in [1.29, 1.82) is 5.41 Å². The van der Waals surface area contributed by atoms with Crippen molar-refractivity contribution in [1.82, 2.24) is 14.8 Å².